The molecule has 3 nitrogen and oxygen atoms in total. The van der Waals surface area contributed by atoms with Gasteiger partial charge in [0.2, 0.25) is 0 Å². The predicted octanol–water partition coefficient (Wildman–Crippen LogP) is 2.26. The average Bonchev–Trinajstić information content (AvgIpc) is 2.30. The standard InChI is InChI=1S/C12H18FNO2/c1-4-11(16-3)12(14)9-6-5-8(15-2)7-10(9)13/h5-7,11-12H,4,14H2,1-3H3. The van der Waals surface area contributed by atoms with E-state index in [0.29, 0.717) is 11.3 Å². The first-order valence-corrected chi connectivity index (χ1v) is 5.25. The van der Waals surface area contributed by atoms with E-state index in [1.165, 1.54) is 13.2 Å². The summed E-state index contributed by atoms with van der Waals surface area (Å²) in [7, 11) is 3.08. The van der Waals surface area contributed by atoms with Gasteiger partial charge < -0.3 is 15.2 Å². The molecule has 1 aromatic rings. The highest BCUT2D eigenvalue weighted by molar-refractivity contribution is 5.31. The molecule has 16 heavy (non-hydrogen) atoms. The lowest BCUT2D eigenvalue weighted by molar-refractivity contribution is 0.0761. The number of nitrogens with two attached hydrogens (primary N) is 1. The first-order chi connectivity index (χ1) is 7.63. The van der Waals surface area contributed by atoms with Gasteiger partial charge in [0.15, 0.2) is 0 Å². The molecule has 0 bridgehead atoms. The minimum Gasteiger partial charge on any atom is -0.497 e. The molecule has 0 aliphatic carbocycles. The molecule has 0 saturated carbocycles. The second-order valence-corrected chi connectivity index (χ2v) is 3.60. The maximum Gasteiger partial charge on any atom is 0.131 e. The largest absolute Gasteiger partial charge is 0.497 e. The van der Waals surface area contributed by atoms with Crippen molar-refractivity contribution in [3.63, 3.8) is 0 Å². The molecule has 0 radical (unpaired) electrons. The van der Waals surface area contributed by atoms with E-state index >= 15 is 0 Å². The molecule has 0 heterocycles. The van der Waals surface area contributed by atoms with Gasteiger partial charge in [-0.1, -0.05) is 13.0 Å². The van der Waals surface area contributed by atoms with E-state index in [0.717, 1.165) is 6.42 Å². The lowest BCUT2D eigenvalue weighted by Gasteiger charge is -2.22. The van der Waals surface area contributed by atoms with Crippen molar-refractivity contribution in [2.45, 2.75) is 25.5 Å². The van der Waals surface area contributed by atoms with Gasteiger partial charge in [0.1, 0.15) is 11.6 Å². The summed E-state index contributed by atoms with van der Waals surface area (Å²) in [6.45, 7) is 1.95. The smallest absolute Gasteiger partial charge is 0.131 e. The van der Waals surface area contributed by atoms with Gasteiger partial charge in [-0.2, -0.15) is 0 Å². The summed E-state index contributed by atoms with van der Waals surface area (Å²) < 4.78 is 23.8. The zero-order valence-electron chi connectivity index (χ0n) is 9.87. The van der Waals surface area contributed by atoms with E-state index in [1.54, 1.807) is 19.2 Å². The van der Waals surface area contributed by atoms with Crippen molar-refractivity contribution < 1.29 is 13.9 Å². The summed E-state index contributed by atoms with van der Waals surface area (Å²) in [5, 5.41) is 0. The summed E-state index contributed by atoms with van der Waals surface area (Å²) in [6, 6.07) is 4.21. The Labute approximate surface area is 95.4 Å². The molecule has 2 unspecified atom stereocenters. The van der Waals surface area contributed by atoms with Gasteiger partial charge in [0.25, 0.3) is 0 Å². The molecule has 0 spiro atoms. The SMILES string of the molecule is CCC(OC)C(N)c1ccc(OC)cc1F. The van der Waals surface area contributed by atoms with Crippen molar-refractivity contribution in [2.24, 2.45) is 5.73 Å². The Kier molecular flexibility index (Phi) is 4.71. The van der Waals surface area contributed by atoms with Crippen molar-refractivity contribution in [2.75, 3.05) is 14.2 Å². The van der Waals surface area contributed by atoms with Crippen LogP contribution < -0.4 is 10.5 Å². The molecular formula is C12H18FNO2. The highest BCUT2D eigenvalue weighted by Gasteiger charge is 2.20. The third kappa shape index (κ3) is 2.71. The topological polar surface area (TPSA) is 44.5 Å². The molecule has 2 N–H and O–H groups in total. The quantitative estimate of drug-likeness (QED) is 0.839. The van der Waals surface area contributed by atoms with E-state index in [2.05, 4.69) is 0 Å². The third-order valence-electron chi connectivity index (χ3n) is 2.67. The van der Waals surface area contributed by atoms with Crippen LogP contribution in [0.15, 0.2) is 18.2 Å². The van der Waals surface area contributed by atoms with Gasteiger partial charge >= 0.3 is 0 Å². The first-order valence-electron chi connectivity index (χ1n) is 5.25. The Hall–Kier alpha value is -1.13. The second-order valence-electron chi connectivity index (χ2n) is 3.60. The summed E-state index contributed by atoms with van der Waals surface area (Å²) in [5.41, 5.74) is 6.40. The first kappa shape index (κ1) is 12.9. The van der Waals surface area contributed by atoms with Crippen LogP contribution in [0.1, 0.15) is 24.9 Å². The van der Waals surface area contributed by atoms with E-state index in [1.807, 2.05) is 6.92 Å². The molecule has 90 valence electrons. The van der Waals surface area contributed by atoms with Crippen LogP contribution in [0, 0.1) is 5.82 Å². The maximum atomic E-state index is 13.7. The molecule has 0 aliphatic heterocycles. The molecule has 2 atom stereocenters. The fourth-order valence-electron chi connectivity index (χ4n) is 1.67. The lowest BCUT2D eigenvalue weighted by Crippen LogP contribution is -2.28. The maximum absolute atomic E-state index is 13.7. The van der Waals surface area contributed by atoms with Crippen molar-refractivity contribution in [1.82, 2.24) is 0 Å². The Balaban J connectivity index is 2.95. The zero-order chi connectivity index (χ0) is 12.1. The van der Waals surface area contributed by atoms with Gasteiger partial charge in [0, 0.05) is 18.7 Å². The molecule has 0 aliphatic rings. The Morgan fingerprint density at radius 3 is 2.50 bits per heavy atom. The third-order valence-corrected chi connectivity index (χ3v) is 2.67. The van der Waals surface area contributed by atoms with Crippen molar-refractivity contribution >= 4 is 0 Å². The van der Waals surface area contributed by atoms with Crippen LogP contribution in [0.3, 0.4) is 0 Å². The molecule has 4 heteroatoms. The molecule has 0 amide bonds. The fraction of sp³-hybridized carbons (Fsp3) is 0.500. The van der Waals surface area contributed by atoms with E-state index < -0.39 is 6.04 Å². The van der Waals surface area contributed by atoms with Crippen LogP contribution in [0.4, 0.5) is 4.39 Å². The van der Waals surface area contributed by atoms with Gasteiger partial charge in [-0.25, -0.2) is 4.39 Å². The van der Waals surface area contributed by atoms with Crippen molar-refractivity contribution in [3.05, 3.63) is 29.6 Å². The summed E-state index contributed by atoms with van der Waals surface area (Å²) in [6.07, 6.45) is 0.561. The molecule has 0 aromatic heterocycles. The van der Waals surface area contributed by atoms with Gasteiger partial charge in [0.05, 0.1) is 19.3 Å². The number of benzene rings is 1. The summed E-state index contributed by atoms with van der Waals surface area (Å²) in [4.78, 5) is 0. The molecule has 0 fully saturated rings. The number of rotatable bonds is 5. The van der Waals surface area contributed by atoms with Crippen molar-refractivity contribution in [3.8, 4) is 5.75 Å². The van der Waals surface area contributed by atoms with E-state index in [-0.39, 0.29) is 11.9 Å². The fourth-order valence-corrected chi connectivity index (χ4v) is 1.67. The van der Waals surface area contributed by atoms with Gasteiger partial charge in [-0.15, -0.1) is 0 Å². The number of hydrogen-bond acceptors (Lipinski definition) is 3. The van der Waals surface area contributed by atoms with E-state index in [9.17, 15) is 4.39 Å². The predicted molar refractivity (Wildman–Crippen MR) is 61.0 cm³/mol. The second kappa shape index (κ2) is 5.82. The van der Waals surface area contributed by atoms with Crippen LogP contribution >= 0.6 is 0 Å². The zero-order valence-corrected chi connectivity index (χ0v) is 9.87. The minimum absolute atomic E-state index is 0.178. The van der Waals surface area contributed by atoms with Gasteiger partial charge in [-0.3, -0.25) is 0 Å². The average molecular weight is 227 g/mol. The number of halogens is 1. The molecular weight excluding hydrogens is 209 g/mol. The van der Waals surface area contributed by atoms with Crippen molar-refractivity contribution in [1.29, 1.82) is 0 Å². The Morgan fingerprint density at radius 2 is 2.06 bits per heavy atom. The Morgan fingerprint density at radius 1 is 1.38 bits per heavy atom. The van der Waals surface area contributed by atoms with Crippen LogP contribution in [-0.2, 0) is 4.74 Å². The van der Waals surface area contributed by atoms with Crippen LogP contribution in [-0.4, -0.2) is 20.3 Å². The van der Waals surface area contributed by atoms with Crippen LogP contribution in [0.5, 0.6) is 5.75 Å². The minimum atomic E-state index is -0.457. The number of ether oxygens (including phenoxy) is 2. The highest BCUT2D eigenvalue weighted by Crippen LogP contribution is 2.24. The molecule has 1 rings (SSSR count). The van der Waals surface area contributed by atoms with Crippen LogP contribution in [0.2, 0.25) is 0 Å². The highest BCUT2D eigenvalue weighted by atomic mass is 19.1. The van der Waals surface area contributed by atoms with Gasteiger partial charge in [-0.05, 0) is 12.5 Å². The monoisotopic (exact) mass is 227 g/mol. The Bertz CT molecular complexity index is 340. The molecule has 0 saturated heterocycles. The molecule has 1 aromatic carbocycles. The summed E-state index contributed by atoms with van der Waals surface area (Å²) in [5.74, 6) is 0.126. The lowest BCUT2D eigenvalue weighted by atomic mass is 10.00. The van der Waals surface area contributed by atoms with E-state index in [4.69, 9.17) is 15.2 Å². The number of methoxy groups -OCH3 is 2. The summed E-state index contributed by atoms with van der Waals surface area (Å²) >= 11 is 0. The van der Waals surface area contributed by atoms with Crippen LogP contribution in [0.25, 0.3) is 0 Å². The normalized spacial score (nSPS) is 14.6. The number of hydrogen-bond donors (Lipinski definition) is 1.